The van der Waals surface area contributed by atoms with Gasteiger partial charge in [0.2, 0.25) is 0 Å². The first-order chi connectivity index (χ1) is 10.1. The van der Waals surface area contributed by atoms with E-state index in [1.807, 2.05) is 48.7 Å². The first-order valence-corrected chi connectivity index (χ1v) is 7.46. The third-order valence-electron chi connectivity index (χ3n) is 3.51. The Kier molecular flexibility index (Phi) is 3.80. The molecule has 0 aliphatic carbocycles. The molecule has 0 amide bonds. The van der Waals surface area contributed by atoms with Crippen LogP contribution in [0.3, 0.4) is 0 Å². The van der Waals surface area contributed by atoms with E-state index < -0.39 is 5.97 Å². The smallest absolute Gasteiger partial charge is 0.307 e. The highest BCUT2D eigenvalue weighted by Crippen LogP contribution is 2.25. The SMILES string of the molecule is O=C(O)Cc1cn(Cc2ccccc2Br)c2ccccc12. The second kappa shape index (κ2) is 5.74. The number of fused-ring (bicyclic) bond motifs is 1. The van der Waals surface area contributed by atoms with Crippen LogP contribution in [0.25, 0.3) is 10.9 Å². The van der Waals surface area contributed by atoms with Crippen LogP contribution in [0.15, 0.2) is 59.2 Å². The van der Waals surface area contributed by atoms with Gasteiger partial charge in [-0.05, 0) is 23.3 Å². The molecule has 1 aromatic heterocycles. The Hall–Kier alpha value is -2.07. The summed E-state index contributed by atoms with van der Waals surface area (Å²) in [6.07, 6.45) is 1.99. The first-order valence-electron chi connectivity index (χ1n) is 6.67. The average molecular weight is 344 g/mol. The zero-order valence-electron chi connectivity index (χ0n) is 11.3. The lowest BCUT2D eigenvalue weighted by Crippen LogP contribution is -2.00. The summed E-state index contributed by atoms with van der Waals surface area (Å²) in [5, 5.41) is 10.1. The Morgan fingerprint density at radius 2 is 1.76 bits per heavy atom. The molecule has 0 fully saturated rings. The molecule has 3 rings (SSSR count). The summed E-state index contributed by atoms with van der Waals surface area (Å²) >= 11 is 3.56. The van der Waals surface area contributed by atoms with E-state index in [1.165, 1.54) is 5.56 Å². The topological polar surface area (TPSA) is 42.2 Å². The van der Waals surface area contributed by atoms with Gasteiger partial charge in [0.1, 0.15) is 0 Å². The molecule has 0 aliphatic rings. The van der Waals surface area contributed by atoms with Gasteiger partial charge in [0.25, 0.3) is 0 Å². The average Bonchev–Trinajstić information content (AvgIpc) is 2.79. The van der Waals surface area contributed by atoms with E-state index in [-0.39, 0.29) is 6.42 Å². The van der Waals surface area contributed by atoms with Crippen molar-refractivity contribution in [2.45, 2.75) is 13.0 Å². The van der Waals surface area contributed by atoms with Crippen molar-refractivity contribution in [3.05, 3.63) is 70.3 Å². The number of benzene rings is 2. The molecular weight excluding hydrogens is 330 g/mol. The molecule has 0 saturated carbocycles. The van der Waals surface area contributed by atoms with Gasteiger partial charge in [-0.1, -0.05) is 52.3 Å². The van der Waals surface area contributed by atoms with Crippen molar-refractivity contribution in [1.82, 2.24) is 4.57 Å². The summed E-state index contributed by atoms with van der Waals surface area (Å²) < 4.78 is 3.16. The number of hydrogen-bond donors (Lipinski definition) is 1. The van der Waals surface area contributed by atoms with Crippen molar-refractivity contribution < 1.29 is 9.90 Å². The number of nitrogens with zero attached hydrogens (tertiary/aromatic N) is 1. The fraction of sp³-hybridized carbons (Fsp3) is 0.118. The Bertz CT molecular complexity index is 807. The van der Waals surface area contributed by atoms with Crippen molar-refractivity contribution in [2.75, 3.05) is 0 Å². The summed E-state index contributed by atoms with van der Waals surface area (Å²) in [5.41, 5.74) is 3.08. The van der Waals surface area contributed by atoms with Gasteiger partial charge in [0.15, 0.2) is 0 Å². The molecule has 1 heterocycles. The minimum Gasteiger partial charge on any atom is -0.481 e. The third-order valence-corrected chi connectivity index (χ3v) is 4.28. The van der Waals surface area contributed by atoms with Crippen molar-refractivity contribution in [2.24, 2.45) is 0 Å². The van der Waals surface area contributed by atoms with Gasteiger partial charge in [0.05, 0.1) is 6.42 Å². The molecule has 0 bridgehead atoms. The van der Waals surface area contributed by atoms with Gasteiger partial charge in [-0.2, -0.15) is 0 Å². The number of para-hydroxylation sites is 1. The second-order valence-corrected chi connectivity index (χ2v) is 5.82. The number of aromatic nitrogens is 1. The zero-order valence-corrected chi connectivity index (χ0v) is 12.9. The van der Waals surface area contributed by atoms with E-state index in [4.69, 9.17) is 5.11 Å². The highest BCUT2D eigenvalue weighted by molar-refractivity contribution is 9.10. The van der Waals surface area contributed by atoms with Crippen LogP contribution in [0.5, 0.6) is 0 Å². The monoisotopic (exact) mass is 343 g/mol. The fourth-order valence-electron chi connectivity index (χ4n) is 2.57. The number of rotatable bonds is 4. The van der Waals surface area contributed by atoms with Crippen LogP contribution in [0.4, 0.5) is 0 Å². The standard InChI is InChI=1S/C17H14BrNO2/c18-15-7-3-1-5-12(15)10-19-11-13(9-17(20)21)14-6-2-4-8-16(14)19/h1-8,11H,9-10H2,(H,20,21). The van der Waals surface area contributed by atoms with Crippen LogP contribution >= 0.6 is 15.9 Å². The molecule has 0 saturated heterocycles. The van der Waals surface area contributed by atoms with Gasteiger partial charge in [0, 0.05) is 28.1 Å². The highest BCUT2D eigenvalue weighted by atomic mass is 79.9. The van der Waals surface area contributed by atoms with Gasteiger partial charge in [-0.25, -0.2) is 0 Å². The lowest BCUT2D eigenvalue weighted by molar-refractivity contribution is -0.136. The summed E-state index contributed by atoms with van der Waals surface area (Å²) in [6, 6.07) is 16.0. The predicted molar refractivity (Wildman–Crippen MR) is 86.5 cm³/mol. The minimum absolute atomic E-state index is 0.0451. The molecule has 1 N–H and O–H groups in total. The van der Waals surface area contributed by atoms with Crippen LogP contribution < -0.4 is 0 Å². The second-order valence-electron chi connectivity index (χ2n) is 4.96. The maximum Gasteiger partial charge on any atom is 0.307 e. The van der Waals surface area contributed by atoms with Gasteiger partial charge in [-0.3, -0.25) is 4.79 Å². The number of aliphatic carboxylic acids is 1. The third kappa shape index (κ3) is 2.85. The maximum atomic E-state index is 11.0. The fourth-order valence-corrected chi connectivity index (χ4v) is 2.98. The first kappa shape index (κ1) is 13.9. The number of carboxylic acid groups (broad SMARTS) is 1. The lowest BCUT2D eigenvalue weighted by Gasteiger charge is -2.07. The Balaban J connectivity index is 2.06. The molecule has 3 nitrogen and oxygen atoms in total. The van der Waals surface area contributed by atoms with Gasteiger partial charge >= 0.3 is 5.97 Å². The normalized spacial score (nSPS) is 10.9. The van der Waals surface area contributed by atoms with E-state index >= 15 is 0 Å². The maximum absolute atomic E-state index is 11.0. The zero-order chi connectivity index (χ0) is 14.8. The molecule has 2 aromatic carbocycles. The van der Waals surface area contributed by atoms with Crippen molar-refractivity contribution in [1.29, 1.82) is 0 Å². The Labute approximate surface area is 131 Å². The van der Waals surface area contributed by atoms with E-state index in [2.05, 4.69) is 26.6 Å². The van der Waals surface area contributed by atoms with Crippen LogP contribution in [-0.2, 0) is 17.8 Å². The highest BCUT2D eigenvalue weighted by Gasteiger charge is 2.11. The van der Waals surface area contributed by atoms with E-state index in [1.54, 1.807) is 0 Å². The quantitative estimate of drug-likeness (QED) is 0.775. The molecule has 3 aromatic rings. The molecule has 0 unspecified atom stereocenters. The van der Waals surface area contributed by atoms with E-state index in [0.717, 1.165) is 20.9 Å². The van der Waals surface area contributed by atoms with Crippen molar-refractivity contribution in [3.63, 3.8) is 0 Å². The molecule has 0 aliphatic heterocycles. The van der Waals surface area contributed by atoms with Crippen LogP contribution in [-0.4, -0.2) is 15.6 Å². The number of halogens is 1. The summed E-state index contributed by atoms with van der Waals surface area (Å²) in [4.78, 5) is 11.0. The Morgan fingerprint density at radius 3 is 2.52 bits per heavy atom. The molecule has 0 radical (unpaired) electrons. The van der Waals surface area contributed by atoms with E-state index in [0.29, 0.717) is 6.54 Å². The molecule has 106 valence electrons. The predicted octanol–water partition coefficient (Wildman–Crippen LogP) is 4.08. The minimum atomic E-state index is -0.807. The Morgan fingerprint density at radius 1 is 1.05 bits per heavy atom. The lowest BCUT2D eigenvalue weighted by atomic mass is 10.1. The van der Waals surface area contributed by atoms with Crippen molar-refractivity contribution >= 4 is 32.8 Å². The number of carboxylic acids is 1. The summed E-state index contributed by atoms with van der Waals surface area (Å²) in [5.74, 6) is -0.807. The summed E-state index contributed by atoms with van der Waals surface area (Å²) in [6.45, 7) is 0.710. The van der Waals surface area contributed by atoms with Crippen LogP contribution in [0.1, 0.15) is 11.1 Å². The molecule has 21 heavy (non-hydrogen) atoms. The molecular formula is C17H14BrNO2. The van der Waals surface area contributed by atoms with Crippen LogP contribution in [0.2, 0.25) is 0 Å². The molecule has 0 atom stereocenters. The van der Waals surface area contributed by atoms with Crippen LogP contribution in [0, 0.1) is 0 Å². The van der Waals surface area contributed by atoms with Gasteiger partial charge < -0.3 is 9.67 Å². The molecule has 4 heteroatoms. The number of carbonyl (C=O) groups is 1. The van der Waals surface area contributed by atoms with Crippen molar-refractivity contribution in [3.8, 4) is 0 Å². The number of hydrogen-bond acceptors (Lipinski definition) is 1. The molecule has 0 spiro atoms. The summed E-state index contributed by atoms with van der Waals surface area (Å²) in [7, 11) is 0. The largest absolute Gasteiger partial charge is 0.481 e. The van der Waals surface area contributed by atoms with Gasteiger partial charge in [-0.15, -0.1) is 0 Å². The van der Waals surface area contributed by atoms with E-state index in [9.17, 15) is 4.79 Å².